The Hall–Kier alpha value is -0.470. The zero-order valence-electron chi connectivity index (χ0n) is 7.04. The summed E-state index contributed by atoms with van der Waals surface area (Å²) in [6.07, 6.45) is 1.61. The molecule has 8 heteroatoms. The van der Waals surface area contributed by atoms with Gasteiger partial charge in [-0.3, -0.25) is 0 Å². The van der Waals surface area contributed by atoms with Gasteiger partial charge in [0.2, 0.25) is 0 Å². The van der Waals surface area contributed by atoms with Crippen LogP contribution in [0.1, 0.15) is 7.43 Å². The van der Waals surface area contributed by atoms with Gasteiger partial charge in [-0.25, -0.2) is 4.98 Å². The predicted octanol–water partition coefficient (Wildman–Crippen LogP) is 1.11. The van der Waals surface area contributed by atoms with Crippen molar-refractivity contribution in [2.45, 2.75) is 7.43 Å². The van der Waals surface area contributed by atoms with E-state index < -0.39 is 5.17 Å². The Morgan fingerprint density at radius 2 is 1.81 bits per heavy atom. The molecule has 0 amide bonds. The molecule has 0 saturated carbocycles. The van der Waals surface area contributed by atoms with Gasteiger partial charge >= 0.3 is 29.6 Å². The average Bonchev–Trinajstić information content (AvgIpc) is 2.03. The summed E-state index contributed by atoms with van der Waals surface area (Å²) in [6, 6.07) is 5.29. The summed E-state index contributed by atoms with van der Waals surface area (Å²) in [4.78, 5) is 3.86. The molecule has 5 N–H and O–H groups in total. The number of aliphatic hydroxyl groups is 2. The van der Waals surface area contributed by atoms with Crippen molar-refractivity contribution < 1.29 is 10.2 Å². The van der Waals surface area contributed by atoms with Crippen LogP contribution in [0.3, 0.4) is 0 Å². The fourth-order valence-corrected chi connectivity index (χ4v) is 0.651. The number of nitrogens with one attached hydrogen (secondary N) is 1. The number of hydrogen-bond donors (Lipinski definition) is 4. The molecule has 0 unspecified atom stereocenters. The number of aliphatic hydroxyl groups excluding tert-OH is 2. The van der Waals surface area contributed by atoms with Crippen molar-refractivity contribution in [2.24, 2.45) is 5.73 Å². The van der Waals surface area contributed by atoms with Crippen LogP contribution in [0.5, 0.6) is 0 Å². The van der Waals surface area contributed by atoms with Crippen LogP contribution < -0.4 is 11.1 Å². The molecule has 0 radical (unpaired) electrons. The van der Waals surface area contributed by atoms with Gasteiger partial charge in [-0.05, 0) is 36.6 Å². The van der Waals surface area contributed by atoms with E-state index in [9.17, 15) is 0 Å². The van der Waals surface area contributed by atoms with Gasteiger partial charge in [-0.1, -0.05) is 13.5 Å². The maximum absolute atomic E-state index is 8.59. The van der Waals surface area contributed by atoms with Gasteiger partial charge in [0.05, 0.1) is 0 Å². The summed E-state index contributed by atoms with van der Waals surface area (Å²) in [5, 5.41) is 17.9. The van der Waals surface area contributed by atoms with E-state index in [1.165, 1.54) is 0 Å². The van der Waals surface area contributed by atoms with Crippen molar-refractivity contribution >= 4 is 70.2 Å². The first kappa shape index (κ1) is 20.9. The van der Waals surface area contributed by atoms with E-state index in [0.717, 1.165) is 0 Å². The summed E-state index contributed by atoms with van der Waals surface area (Å²) in [6.45, 7) is 0. The van der Waals surface area contributed by atoms with Crippen LogP contribution >= 0.6 is 24.4 Å². The molecule has 0 atom stereocenters. The molecule has 5 nitrogen and oxygen atoms in total. The molecule has 0 aliphatic heterocycles. The third kappa shape index (κ3) is 16.0. The number of pyridine rings is 1. The van der Waals surface area contributed by atoms with Gasteiger partial charge in [0, 0.05) is 6.20 Å². The SMILES string of the molecule is C.NC(O)=S.OC(=S)Nc1ccccn1.[NaH]. The molecule has 86 valence electrons. The van der Waals surface area contributed by atoms with Gasteiger partial charge in [0.1, 0.15) is 5.82 Å². The van der Waals surface area contributed by atoms with Gasteiger partial charge in [0.15, 0.2) is 0 Å². The van der Waals surface area contributed by atoms with E-state index in [1.807, 2.05) is 0 Å². The Balaban J connectivity index is -0.000000249. The standard InChI is InChI=1S/C6H6N2OS.CH3NOS.CH4.Na.H/c9-6(10)8-5-3-1-2-4-7-5;2-1(3)4;;;/h1-4H,(H2,7,8,9,10);(H3,2,3,4);1H4;;. The Bertz CT molecular complexity index is 307. The monoisotopic (exact) mass is 271 g/mol. The van der Waals surface area contributed by atoms with E-state index in [1.54, 1.807) is 24.4 Å². The van der Waals surface area contributed by atoms with Crippen LogP contribution in [0, 0.1) is 0 Å². The molecular formula is C8H14N3NaO2S2. The van der Waals surface area contributed by atoms with Crippen molar-refractivity contribution in [3.63, 3.8) is 0 Å². The molecule has 1 aromatic rings. The number of rotatable bonds is 1. The molecule has 0 fully saturated rings. The zero-order chi connectivity index (χ0) is 11.0. The fourth-order valence-electron chi connectivity index (χ4n) is 0.546. The average molecular weight is 271 g/mol. The van der Waals surface area contributed by atoms with Crippen molar-refractivity contribution in [3.05, 3.63) is 24.4 Å². The molecule has 1 aromatic heterocycles. The van der Waals surface area contributed by atoms with Crippen molar-refractivity contribution in [1.29, 1.82) is 0 Å². The first-order valence-corrected chi connectivity index (χ1v) is 4.23. The summed E-state index contributed by atoms with van der Waals surface area (Å²) >= 11 is 8.25. The fraction of sp³-hybridized carbons (Fsp3) is 0.125. The third-order valence-corrected chi connectivity index (χ3v) is 1.00. The quantitative estimate of drug-likeness (QED) is 0.449. The Morgan fingerprint density at radius 1 is 1.31 bits per heavy atom. The Kier molecular flexibility index (Phi) is 16.4. The van der Waals surface area contributed by atoms with E-state index in [-0.39, 0.29) is 42.2 Å². The number of aromatic nitrogens is 1. The van der Waals surface area contributed by atoms with Crippen LogP contribution in [-0.2, 0) is 0 Å². The first-order chi connectivity index (χ1) is 6.52. The summed E-state index contributed by atoms with van der Waals surface area (Å²) in [5.74, 6) is 0.551. The Morgan fingerprint density at radius 3 is 2.12 bits per heavy atom. The van der Waals surface area contributed by atoms with Crippen LogP contribution in [0.15, 0.2) is 24.4 Å². The van der Waals surface area contributed by atoms with E-state index in [4.69, 9.17) is 10.2 Å². The van der Waals surface area contributed by atoms with Gasteiger partial charge in [0.25, 0.3) is 10.3 Å². The van der Waals surface area contributed by atoms with Crippen LogP contribution in [-0.4, -0.2) is 55.1 Å². The molecule has 1 rings (SSSR count). The van der Waals surface area contributed by atoms with E-state index in [0.29, 0.717) is 5.82 Å². The first-order valence-electron chi connectivity index (χ1n) is 3.41. The second-order valence-electron chi connectivity index (χ2n) is 1.98. The summed E-state index contributed by atoms with van der Waals surface area (Å²) < 4.78 is 0. The second-order valence-corrected chi connectivity index (χ2v) is 2.79. The van der Waals surface area contributed by atoms with Crippen molar-refractivity contribution in [3.8, 4) is 0 Å². The molecule has 16 heavy (non-hydrogen) atoms. The number of hydrogen-bond acceptors (Lipinski definition) is 3. The van der Waals surface area contributed by atoms with Gasteiger partial charge < -0.3 is 21.3 Å². The van der Waals surface area contributed by atoms with Crippen LogP contribution in [0.25, 0.3) is 0 Å². The van der Waals surface area contributed by atoms with E-state index >= 15 is 0 Å². The topological polar surface area (TPSA) is 91.4 Å². The minimum absolute atomic E-state index is 0. The minimum atomic E-state index is -0.500. The van der Waals surface area contributed by atoms with E-state index in [2.05, 4.69) is 40.5 Å². The number of anilines is 1. The number of nitrogens with two attached hydrogens (primary N) is 1. The summed E-state index contributed by atoms with van der Waals surface area (Å²) in [5.41, 5.74) is 4.40. The molecule has 0 bridgehead atoms. The number of thiocarbonyl (C=S) groups is 2. The number of nitrogens with zero attached hydrogens (tertiary/aromatic N) is 1. The zero-order valence-corrected chi connectivity index (χ0v) is 8.68. The van der Waals surface area contributed by atoms with Crippen molar-refractivity contribution in [2.75, 3.05) is 5.32 Å². The van der Waals surface area contributed by atoms with Crippen molar-refractivity contribution in [1.82, 2.24) is 4.98 Å². The van der Waals surface area contributed by atoms with Crippen LogP contribution in [0.4, 0.5) is 5.82 Å². The van der Waals surface area contributed by atoms with Gasteiger partial charge in [-0.15, -0.1) is 0 Å². The molecule has 0 saturated heterocycles. The normalized spacial score (nSPS) is 7.00. The molecule has 0 aliphatic carbocycles. The molecule has 0 spiro atoms. The summed E-state index contributed by atoms with van der Waals surface area (Å²) in [7, 11) is 0. The molecular weight excluding hydrogens is 257 g/mol. The molecule has 0 aromatic carbocycles. The Labute approximate surface area is 127 Å². The molecule has 1 heterocycles. The predicted molar refractivity (Wildman–Crippen MR) is 76.4 cm³/mol. The maximum atomic E-state index is 8.59. The molecule has 0 aliphatic rings. The third-order valence-electron chi connectivity index (χ3n) is 0.900. The van der Waals surface area contributed by atoms with Gasteiger partial charge in [-0.2, -0.15) is 0 Å². The van der Waals surface area contributed by atoms with Crippen LogP contribution in [0.2, 0.25) is 0 Å². The second kappa shape index (κ2) is 12.6.